The average Bonchev–Trinajstić information content (AvgIpc) is 2.64. The number of aliphatic hydroxyl groups is 1. The molecule has 0 amide bonds. The monoisotopic (exact) mass is 572 g/mol. The molecule has 0 unspecified atom stereocenters. The van der Waals surface area contributed by atoms with Crippen LogP contribution in [0.25, 0.3) is 0 Å². The average molecular weight is 572 g/mol. The second-order valence-corrected chi connectivity index (χ2v) is 11.5. The molecule has 1 rings (SSSR count). The number of rotatable bonds is 16. The van der Waals surface area contributed by atoms with Gasteiger partial charge in [-0.05, 0) is 59.5 Å². The van der Waals surface area contributed by atoms with Crippen LogP contribution in [0.3, 0.4) is 0 Å². The van der Waals surface area contributed by atoms with E-state index in [0.717, 1.165) is 30.3 Å². The molecule has 0 atom stereocenters. The van der Waals surface area contributed by atoms with Crippen LogP contribution in [0.5, 0.6) is 0 Å². The number of benzene rings is 1. The summed E-state index contributed by atoms with van der Waals surface area (Å²) >= 11 is 2.36. The zero-order valence-corrected chi connectivity index (χ0v) is 22.7. The first-order valence-corrected chi connectivity index (χ1v) is 14.0. The lowest BCUT2D eigenvalue weighted by Crippen LogP contribution is -2.36. The van der Waals surface area contributed by atoms with Crippen LogP contribution >= 0.6 is 30.4 Å². The fourth-order valence-corrected chi connectivity index (χ4v) is 4.00. The highest BCUT2D eigenvalue weighted by atomic mass is 127. The number of nitrogens with zero attached hydrogens (tertiary/aromatic N) is 1. The van der Waals surface area contributed by atoms with E-state index in [2.05, 4.69) is 72.5 Å². The van der Waals surface area contributed by atoms with Crippen LogP contribution in [0.15, 0.2) is 24.3 Å². The standard InChI is InChI=1S/C18H30IO4P.C5H14NO/c19-18-14-11-13-17(16-18)12-9-7-5-3-1-2-4-6-8-10-15-23-24(20,21)22;1-6(2,3)4-5-7/h11,13-14,16H,1-10,12,15H2,(H2,20,21,22);7H,4-5H2,1-3H3/q;+1. The highest BCUT2D eigenvalue weighted by Crippen LogP contribution is 2.35. The van der Waals surface area contributed by atoms with Gasteiger partial charge in [0, 0.05) is 3.57 Å². The molecule has 31 heavy (non-hydrogen) atoms. The molecule has 0 aromatic heterocycles. The van der Waals surface area contributed by atoms with Gasteiger partial charge in [-0.2, -0.15) is 0 Å². The number of unbranched alkanes of at least 4 members (excludes halogenated alkanes) is 9. The van der Waals surface area contributed by atoms with Crippen molar-refractivity contribution in [3.8, 4) is 0 Å². The summed E-state index contributed by atoms with van der Waals surface area (Å²) < 4.78 is 17.1. The molecule has 0 aliphatic rings. The summed E-state index contributed by atoms with van der Waals surface area (Å²) in [5.74, 6) is 0. The van der Waals surface area contributed by atoms with Gasteiger partial charge in [0.25, 0.3) is 0 Å². The second kappa shape index (κ2) is 18.4. The van der Waals surface area contributed by atoms with Crippen LogP contribution < -0.4 is 0 Å². The predicted octanol–water partition coefficient (Wildman–Crippen LogP) is 5.53. The molecular formula is C23H44INO5P+. The molecule has 6 nitrogen and oxygen atoms in total. The number of phosphoric ester groups is 1. The molecule has 0 fully saturated rings. The third-order valence-electron chi connectivity index (χ3n) is 4.78. The molecule has 182 valence electrons. The van der Waals surface area contributed by atoms with Crippen LogP contribution in [0, 0.1) is 3.57 Å². The Kier molecular flexibility index (Phi) is 18.4. The van der Waals surface area contributed by atoms with Gasteiger partial charge in [-0.1, -0.05) is 63.5 Å². The van der Waals surface area contributed by atoms with Crippen LogP contribution in [0.2, 0.25) is 0 Å². The minimum absolute atomic E-state index is 0.157. The number of quaternary nitrogens is 1. The van der Waals surface area contributed by atoms with Gasteiger partial charge in [0.1, 0.15) is 6.54 Å². The number of aryl methyl sites for hydroxylation is 1. The zero-order valence-electron chi connectivity index (χ0n) is 19.6. The maximum absolute atomic E-state index is 10.5. The quantitative estimate of drug-likeness (QED) is 0.105. The molecule has 0 spiro atoms. The van der Waals surface area contributed by atoms with E-state index in [-0.39, 0.29) is 13.2 Å². The highest BCUT2D eigenvalue weighted by Gasteiger charge is 2.12. The number of halogens is 1. The van der Waals surface area contributed by atoms with Crippen molar-refractivity contribution in [2.75, 3.05) is 40.9 Å². The highest BCUT2D eigenvalue weighted by molar-refractivity contribution is 14.1. The first-order chi connectivity index (χ1) is 14.5. The summed E-state index contributed by atoms with van der Waals surface area (Å²) in [5, 5.41) is 8.39. The Hall–Kier alpha value is -0.0200. The number of likely N-dealkylation sites (N-methyl/N-ethyl adjacent to an activating group) is 1. The maximum Gasteiger partial charge on any atom is 0.469 e. The third-order valence-corrected chi connectivity index (χ3v) is 5.97. The number of hydrogen-bond donors (Lipinski definition) is 3. The Morgan fingerprint density at radius 3 is 1.84 bits per heavy atom. The van der Waals surface area contributed by atoms with Crippen molar-refractivity contribution in [1.29, 1.82) is 0 Å². The summed E-state index contributed by atoms with van der Waals surface area (Å²) in [6.07, 6.45) is 13.0. The zero-order chi connectivity index (χ0) is 23.6. The Morgan fingerprint density at radius 2 is 1.42 bits per heavy atom. The van der Waals surface area contributed by atoms with Crippen molar-refractivity contribution in [2.45, 2.75) is 70.6 Å². The minimum Gasteiger partial charge on any atom is -0.391 e. The SMILES string of the molecule is C[N+](C)(C)CCO.O=P(O)(O)OCCCCCCCCCCCCc1cccc(I)c1. The van der Waals surface area contributed by atoms with Gasteiger partial charge in [-0.15, -0.1) is 0 Å². The van der Waals surface area contributed by atoms with Crippen LogP contribution in [0.1, 0.15) is 69.8 Å². The largest absolute Gasteiger partial charge is 0.469 e. The van der Waals surface area contributed by atoms with E-state index < -0.39 is 7.82 Å². The van der Waals surface area contributed by atoms with Crippen molar-refractivity contribution < 1.29 is 28.5 Å². The van der Waals surface area contributed by atoms with E-state index in [9.17, 15) is 4.57 Å². The molecule has 1 aromatic rings. The third kappa shape index (κ3) is 24.5. The Bertz CT molecular complexity index is 604. The summed E-state index contributed by atoms with van der Waals surface area (Å²) in [5.41, 5.74) is 1.45. The Labute approximate surface area is 203 Å². The number of phosphoric acid groups is 1. The maximum atomic E-state index is 10.5. The van der Waals surface area contributed by atoms with Crippen molar-refractivity contribution >= 4 is 30.4 Å². The number of hydrogen-bond acceptors (Lipinski definition) is 3. The summed E-state index contributed by atoms with van der Waals surface area (Å²) in [4.78, 5) is 17.1. The fourth-order valence-electron chi connectivity index (χ4n) is 3.02. The minimum atomic E-state index is -4.27. The van der Waals surface area contributed by atoms with E-state index >= 15 is 0 Å². The topological polar surface area (TPSA) is 87.0 Å². The lowest BCUT2D eigenvalue weighted by atomic mass is 10.0. The number of aliphatic hydroxyl groups excluding tert-OH is 1. The Balaban J connectivity index is 0.00000110. The first kappa shape index (κ1) is 31.0. The van der Waals surface area contributed by atoms with Gasteiger partial charge in [0.15, 0.2) is 0 Å². The van der Waals surface area contributed by atoms with Crippen molar-refractivity contribution in [1.82, 2.24) is 0 Å². The van der Waals surface area contributed by atoms with Crippen molar-refractivity contribution in [3.63, 3.8) is 0 Å². The summed E-state index contributed by atoms with van der Waals surface area (Å²) in [6, 6.07) is 8.75. The normalized spacial score (nSPS) is 11.8. The van der Waals surface area contributed by atoms with E-state index in [4.69, 9.17) is 14.9 Å². The molecule has 0 aliphatic carbocycles. The van der Waals surface area contributed by atoms with Crippen LogP contribution in [-0.4, -0.2) is 60.3 Å². The van der Waals surface area contributed by atoms with E-state index in [1.165, 1.54) is 60.5 Å². The van der Waals surface area contributed by atoms with Gasteiger partial charge >= 0.3 is 7.82 Å². The van der Waals surface area contributed by atoms with Gasteiger partial charge in [0.2, 0.25) is 0 Å². The summed E-state index contributed by atoms with van der Waals surface area (Å²) in [7, 11) is 1.89. The molecule has 0 heterocycles. The van der Waals surface area contributed by atoms with Gasteiger partial charge in [-0.25, -0.2) is 4.57 Å². The van der Waals surface area contributed by atoms with E-state index in [0.29, 0.717) is 0 Å². The molecule has 0 bridgehead atoms. The molecule has 1 aromatic carbocycles. The van der Waals surface area contributed by atoms with Gasteiger partial charge in [0.05, 0.1) is 34.4 Å². The van der Waals surface area contributed by atoms with Crippen LogP contribution in [0.4, 0.5) is 0 Å². The molecule has 3 N–H and O–H groups in total. The smallest absolute Gasteiger partial charge is 0.391 e. The van der Waals surface area contributed by atoms with Crippen molar-refractivity contribution in [2.24, 2.45) is 0 Å². The van der Waals surface area contributed by atoms with Gasteiger partial charge in [-0.3, -0.25) is 4.52 Å². The van der Waals surface area contributed by atoms with Gasteiger partial charge < -0.3 is 19.4 Å². The van der Waals surface area contributed by atoms with Crippen LogP contribution in [-0.2, 0) is 15.5 Å². The molecule has 8 heteroatoms. The molecule has 0 saturated carbocycles. The Morgan fingerprint density at radius 1 is 0.903 bits per heavy atom. The molecule has 0 aliphatic heterocycles. The predicted molar refractivity (Wildman–Crippen MR) is 137 cm³/mol. The van der Waals surface area contributed by atoms with E-state index in [1.807, 2.05) is 0 Å². The lowest BCUT2D eigenvalue weighted by molar-refractivity contribution is -0.870. The lowest BCUT2D eigenvalue weighted by Gasteiger charge is -2.21. The first-order valence-electron chi connectivity index (χ1n) is 11.4. The van der Waals surface area contributed by atoms with E-state index in [1.54, 1.807) is 0 Å². The molecule has 0 saturated heterocycles. The fraction of sp³-hybridized carbons (Fsp3) is 0.739. The second-order valence-electron chi connectivity index (χ2n) is 8.98. The summed E-state index contributed by atoms with van der Waals surface area (Å²) in [6.45, 7) is 1.27. The molecule has 0 radical (unpaired) electrons. The van der Waals surface area contributed by atoms with Crippen molar-refractivity contribution in [3.05, 3.63) is 33.4 Å². The molecular weight excluding hydrogens is 528 g/mol.